The SMILES string of the molecule is CC(CC(Cc1ccccc1)C(=O)O)OC(=O)C(COCc1ccccc1)NCB=O. The molecule has 0 aliphatic rings. The van der Waals surface area contributed by atoms with Crippen LogP contribution in [-0.2, 0) is 36.8 Å². The van der Waals surface area contributed by atoms with Gasteiger partial charge in [-0.25, -0.2) is 0 Å². The number of nitrogens with one attached hydrogen (secondary N) is 1. The van der Waals surface area contributed by atoms with Crippen molar-refractivity contribution in [1.29, 1.82) is 0 Å². The van der Waals surface area contributed by atoms with Crippen LogP contribution < -0.4 is 5.32 Å². The third-order valence-electron chi connectivity index (χ3n) is 4.74. The summed E-state index contributed by atoms with van der Waals surface area (Å²) in [7, 11) is 0.654. The van der Waals surface area contributed by atoms with Crippen LogP contribution in [0.3, 0.4) is 0 Å². The summed E-state index contributed by atoms with van der Waals surface area (Å²) in [5.41, 5.74) is 1.87. The molecule has 0 saturated carbocycles. The Morgan fingerprint density at radius 2 is 1.65 bits per heavy atom. The van der Waals surface area contributed by atoms with E-state index in [9.17, 15) is 19.4 Å². The van der Waals surface area contributed by atoms with Crippen molar-refractivity contribution in [3.05, 3.63) is 71.8 Å². The standard InChI is InChI=1S/C23H28BNO6/c1-17(12-20(22(26)27)13-18-8-4-2-5-9-18)31-23(28)21(25-16-24-29)15-30-14-19-10-6-3-7-11-19/h2-11,17,20-21,25H,12-16H2,1H3,(H,26,27). The molecule has 2 aromatic rings. The van der Waals surface area contributed by atoms with E-state index in [4.69, 9.17) is 9.47 Å². The average Bonchev–Trinajstić information content (AvgIpc) is 2.77. The molecule has 0 fully saturated rings. The zero-order valence-corrected chi connectivity index (χ0v) is 17.6. The molecule has 0 bridgehead atoms. The van der Waals surface area contributed by atoms with Crippen LogP contribution in [-0.4, -0.2) is 49.4 Å². The van der Waals surface area contributed by atoms with Crippen LogP contribution in [0.1, 0.15) is 24.5 Å². The van der Waals surface area contributed by atoms with Crippen LogP contribution in [0.5, 0.6) is 0 Å². The van der Waals surface area contributed by atoms with Crippen molar-refractivity contribution in [2.45, 2.75) is 38.5 Å². The summed E-state index contributed by atoms with van der Waals surface area (Å²) in [6, 6.07) is 18.0. The number of esters is 1. The first-order valence-corrected chi connectivity index (χ1v) is 10.3. The normalized spacial score (nSPS) is 13.6. The van der Waals surface area contributed by atoms with Gasteiger partial charge in [0.25, 0.3) is 0 Å². The monoisotopic (exact) mass is 425 g/mol. The Hall–Kier alpha value is -2.84. The molecule has 0 saturated heterocycles. The maximum atomic E-state index is 12.6. The molecule has 3 atom stereocenters. The van der Waals surface area contributed by atoms with Gasteiger partial charge in [0.05, 0.1) is 0 Å². The van der Waals surface area contributed by atoms with Gasteiger partial charge in [0.15, 0.2) is 0 Å². The topological polar surface area (TPSA) is 102 Å². The van der Waals surface area contributed by atoms with Gasteiger partial charge in [0.2, 0.25) is 0 Å². The van der Waals surface area contributed by atoms with Crippen LogP contribution >= 0.6 is 0 Å². The van der Waals surface area contributed by atoms with Gasteiger partial charge < -0.3 is 0 Å². The molecule has 2 N–H and O–H groups in total. The Balaban J connectivity index is 1.88. The van der Waals surface area contributed by atoms with E-state index in [1.807, 2.05) is 60.7 Å². The van der Waals surface area contributed by atoms with Crippen LogP contribution in [0.2, 0.25) is 0 Å². The Bertz CT molecular complexity index is 817. The molecule has 0 radical (unpaired) electrons. The summed E-state index contributed by atoms with van der Waals surface area (Å²) in [4.78, 5) is 24.2. The summed E-state index contributed by atoms with van der Waals surface area (Å²) in [5.74, 6) is -2.19. The Morgan fingerprint density at radius 1 is 1.03 bits per heavy atom. The quantitative estimate of drug-likeness (QED) is 0.354. The minimum atomic E-state index is -0.937. The Kier molecular flexibility index (Phi) is 10.6. The Labute approximate surface area is 183 Å². The molecule has 164 valence electrons. The fourth-order valence-electron chi connectivity index (χ4n) is 3.17. The van der Waals surface area contributed by atoms with E-state index in [0.717, 1.165) is 11.1 Å². The van der Waals surface area contributed by atoms with Gasteiger partial charge in [-0.1, -0.05) is 6.07 Å². The van der Waals surface area contributed by atoms with E-state index in [2.05, 4.69) is 5.32 Å². The summed E-state index contributed by atoms with van der Waals surface area (Å²) < 4.78 is 21.8. The molecule has 0 aromatic heterocycles. The third-order valence-corrected chi connectivity index (χ3v) is 4.74. The van der Waals surface area contributed by atoms with Crippen molar-refractivity contribution in [3.8, 4) is 0 Å². The van der Waals surface area contributed by atoms with E-state index in [1.165, 1.54) is 0 Å². The fraction of sp³-hybridized carbons (Fsp3) is 0.391. The van der Waals surface area contributed by atoms with Crippen molar-refractivity contribution in [2.24, 2.45) is 5.92 Å². The summed E-state index contributed by atoms with van der Waals surface area (Å²) in [6.07, 6.45) is -0.0899. The second kappa shape index (κ2) is 13.5. The summed E-state index contributed by atoms with van der Waals surface area (Å²) >= 11 is 0. The van der Waals surface area contributed by atoms with Crippen molar-refractivity contribution < 1.29 is 28.9 Å². The molecular weight excluding hydrogens is 397 g/mol. The predicted octanol–water partition coefficient (Wildman–Crippen LogP) is 2.43. The molecule has 2 aromatic carbocycles. The zero-order valence-electron chi connectivity index (χ0n) is 17.6. The van der Waals surface area contributed by atoms with Crippen LogP contribution in [0, 0.1) is 5.92 Å². The number of carbonyl (C=O) groups excluding carboxylic acids is 1. The van der Waals surface area contributed by atoms with Crippen LogP contribution in [0.25, 0.3) is 0 Å². The van der Waals surface area contributed by atoms with E-state index < -0.39 is 30.0 Å². The molecule has 3 unspecified atom stereocenters. The molecule has 2 rings (SSSR count). The Morgan fingerprint density at radius 3 is 2.23 bits per heavy atom. The van der Waals surface area contributed by atoms with Gasteiger partial charge in [-0.3, -0.25) is 0 Å². The van der Waals surface area contributed by atoms with Gasteiger partial charge in [0, 0.05) is 0 Å². The second-order valence-electron chi connectivity index (χ2n) is 7.34. The number of carboxylic acids is 1. The molecule has 0 aliphatic heterocycles. The molecule has 0 aliphatic carbocycles. The van der Waals surface area contributed by atoms with Gasteiger partial charge in [0.1, 0.15) is 0 Å². The van der Waals surface area contributed by atoms with Crippen LogP contribution in [0.15, 0.2) is 60.7 Å². The number of hydrogen-bond acceptors (Lipinski definition) is 6. The van der Waals surface area contributed by atoms with Crippen molar-refractivity contribution >= 4 is 19.1 Å². The van der Waals surface area contributed by atoms with Gasteiger partial charge >= 0.3 is 176 Å². The van der Waals surface area contributed by atoms with E-state index in [0.29, 0.717) is 20.2 Å². The number of hydrogen-bond donors (Lipinski definition) is 2. The molecule has 8 heteroatoms. The summed E-state index contributed by atoms with van der Waals surface area (Å²) in [6.45, 7) is 2.02. The predicted molar refractivity (Wildman–Crippen MR) is 116 cm³/mol. The maximum absolute atomic E-state index is 12.6. The van der Waals surface area contributed by atoms with Gasteiger partial charge in [-0.15, -0.1) is 0 Å². The number of aliphatic carboxylic acids is 1. The van der Waals surface area contributed by atoms with Crippen molar-refractivity contribution in [2.75, 3.05) is 13.1 Å². The molecule has 0 heterocycles. The minimum absolute atomic E-state index is 0.0192. The second-order valence-corrected chi connectivity index (χ2v) is 7.34. The zero-order chi connectivity index (χ0) is 22.5. The summed E-state index contributed by atoms with van der Waals surface area (Å²) in [5, 5.41) is 12.3. The van der Waals surface area contributed by atoms with Gasteiger partial charge in [-0.2, -0.15) is 0 Å². The van der Waals surface area contributed by atoms with E-state index in [1.54, 1.807) is 6.92 Å². The first kappa shape index (κ1) is 24.4. The van der Waals surface area contributed by atoms with Crippen molar-refractivity contribution in [3.63, 3.8) is 0 Å². The number of carbonyl (C=O) groups is 2. The number of carboxylic acid groups (broad SMARTS) is 1. The van der Waals surface area contributed by atoms with E-state index in [-0.39, 0.29) is 19.5 Å². The molecule has 0 spiro atoms. The first-order valence-electron chi connectivity index (χ1n) is 10.3. The van der Waals surface area contributed by atoms with Gasteiger partial charge in [-0.05, 0) is 0 Å². The molecule has 0 amide bonds. The third kappa shape index (κ3) is 9.23. The molecular formula is C23H28BNO6. The van der Waals surface area contributed by atoms with E-state index >= 15 is 0 Å². The first-order chi connectivity index (χ1) is 15.0. The molecule has 7 nitrogen and oxygen atoms in total. The average molecular weight is 425 g/mol. The number of benzene rings is 2. The van der Waals surface area contributed by atoms with Crippen LogP contribution in [0.4, 0.5) is 0 Å². The fourth-order valence-corrected chi connectivity index (χ4v) is 3.17. The molecule has 31 heavy (non-hydrogen) atoms. The van der Waals surface area contributed by atoms with Crippen molar-refractivity contribution in [1.82, 2.24) is 5.32 Å². The number of rotatable bonds is 14. The number of ether oxygens (including phenoxy) is 2.